The van der Waals surface area contributed by atoms with Crippen molar-refractivity contribution in [3.63, 3.8) is 0 Å². The summed E-state index contributed by atoms with van der Waals surface area (Å²) in [7, 11) is 0. The molecule has 1 fully saturated rings. The number of thioether (sulfide) groups is 1. The number of rotatable bonds is 3. The zero-order valence-electron chi connectivity index (χ0n) is 13.2. The van der Waals surface area contributed by atoms with Crippen molar-refractivity contribution in [2.24, 2.45) is 0 Å². The lowest BCUT2D eigenvalue weighted by molar-refractivity contribution is 0.194. The third-order valence-electron chi connectivity index (χ3n) is 4.21. The van der Waals surface area contributed by atoms with Crippen LogP contribution in [0.3, 0.4) is 0 Å². The fourth-order valence-electron chi connectivity index (χ4n) is 2.95. The van der Waals surface area contributed by atoms with Crippen LogP contribution >= 0.6 is 11.8 Å². The van der Waals surface area contributed by atoms with Crippen molar-refractivity contribution < 1.29 is 4.74 Å². The fraction of sp³-hybridized carbons (Fsp3) is 0.278. The van der Waals surface area contributed by atoms with Crippen LogP contribution < -0.4 is 5.73 Å². The van der Waals surface area contributed by atoms with E-state index in [2.05, 4.69) is 17.1 Å². The van der Waals surface area contributed by atoms with Gasteiger partial charge < -0.3 is 10.5 Å². The number of aromatic nitrogens is 1. The summed E-state index contributed by atoms with van der Waals surface area (Å²) in [6, 6.07) is 12.2. The molecule has 1 aliphatic heterocycles. The molecule has 5 nitrogen and oxygen atoms in total. The van der Waals surface area contributed by atoms with E-state index in [9.17, 15) is 10.5 Å². The molecule has 0 bridgehead atoms. The molecular weight excluding hydrogens is 320 g/mol. The van der Waals surface area contributed by atoms with Crippen LogP contribution in [0.1, 0.15) is 29.0 Å². The number of ether oxygens (including phenoxy) is 1. The second kappa shape index (κ2) is 6.92. The van der Waals surface area contributed by atoms with Gasteiger partial charge in [0.1, 0.15) is 28.5 Å². The molecule has 1 unspecified atom stereocenters. The van der Waals surface area contributed by atoms with Gasteiger partial charge in [0.2, 0.25) is 0 Å². The smallest absolute Gasteiger partial charge is 0.143 e. The summed E-state index contributed by atoms with van der Waals surface area (Å²) in [5.74, 6) is 0.568. The monoisotopic (exact) mass is 336 g/mol. The standard InChI is InChI=1S/C18H16N4OS/c1-24-18-15(9-20)16(14(8-19)17(21)22-18)12-4-2-11(3-5-12)13-6-7-23-10-13/h2-5,13H,6-7,10H2,1H3,(H2,21,22). The second-order valence-corrected chi connectivity index (χ2v) is 6.33. The predicted molar refractivity (Wildman–Crippen MR) is 93.5 cm³/mol. The average molecular weight is 336 g/mol. The Kier molecular flexibility index (Phi) is 4.71. The van der Waals surface area contributed by atoms with Gasteiger partial charge in [-0.15, -0.1) is 11.8 Å². The van der Waals surface area contributed by atoms with Gasteiger partial charge in [-0.1, -0.05) is 24.3 Å². The Balaban J connectivity index is 2.13. The molecule has 2 N–H and O–H groups in total. The predicted octanol–water partition coefficient (Wildman–Crippen LogP) is 3.30. The topological polar surface area (TPSA) is 95.7 Å². The van der Waals surface area contributed by atoms with Crippen molar-refractivity contribution in [1.82, 2.24) is 4.98 Å². The Morgan fingerprint density at radius 3 is 2.46 bits per heavy atom. The molecule has 0 saturated carbocycles. The van der Waals surface area contributed by atoms with Gasteiger partial charge in [-0.25, -0.2) is 4.98 Å². The first kappa shape index (κ1) is 16.3. The van der Waals surface area contributed by atoms with E-state index in [4.69, 9.17) is 10.5 Å². The maximum absolute atomic E-state index is 9.56. The molecule has 3 rings (SSSR count). The van der Waals surface area contributed by atoms with Crippen molar-refractivity contribution in [2.75, 3.05) is 25.2 Å². The summed E-state index contributed by atoms with van der Waals surface area (Å²) >= 11 is 1.35. The molecule has 0 aliphatic carbocycles. The summed E-state index contributed by atoms with van der Waals surface area (Å²) in [6.45, 7) is 1.53. The normalized spacial score (nSPS) is 16.5. The van der Waals surface area contributed by atoms with Crippen LogP contribution in [-0.2, 0) is 4.74 Å². The van der Waals surface area contributed by atoms with Gasteiger partial charge in [0.25, 0.3) is 0 Å². The quantitative estimate of drug-likeness (QED) is 0.864. The number of anilines is 1. The number of nitrogen functional groups attached to an aromatic ring is 1. The zero-order valence-corrected chi connectivity index (χ0v) is 14.1. The minimum absolute atomic E-state index is 0.157. The van der Waals surface area contributed by atoms with Crippen LogP contribution in [0.4, 0.5) is 5.82 Å². The molecule has 1 atom stereocenters. The molecule has 2 aromatic rings. The molecular formula is C18H16N4OS. The van der Waals surface area contributed by atoms with Gasteiger partial charge in [-0.3, -0.25) is 0 Å². The third kappa shape index (κ3) is 2.82. The number of nitrogens with zero attached hydrogens (tertiary/aromatic N) is 3. The second-order valence-electron chi connectivity index (χ2n) is 5.54. The van der Waals surface area contributed by atoms with E-state index in [1.54, 1.807) is 0 Å². The van der Waals surface area contributed by atoms with Gasteiger partial charge in [0.05, 0.1) is 12.2 Å². The molecule has 1 aromatic heterocycles. The SMILES string of the molecule is CSc1nc(N)c(C#N)c(-c2ccc(C3CCOC3)cc2)c1C#N. The summed E-state index contributed by atoms with van der Waals surface area (Å²) in [5.41, 5.74) is 9.14. The molecule has 6 heteroatoms. The summed E-state index contributed by atoms with van der Waals surface area (Å²) in [6.07, 6.45) is 2.85. The first-order valence-electron chi connectivity index (χ1n) is 7.55. The molecule has 1 aromatic carbocycles. The van der Waals surface area contributed by atoms with Crippen molar-refractivity contribution in [2.45, 2.75) is 17.4 Å². The molecule has 0 radical (unpaired) electrons. The van der Waals surface area contributed by atoms with Crippen LogP contribution in [0.5, 0.6) is 0 Å². The number of benzene rings is 1. The van der Waals surface area contributed by atoms with E-state index in [0.717, 1.165) is 25.2 Å². The van der Waals surface area contributed by atoms with Crippen LogP contribution in [0.25, 0.3) is 11.1 Å². The Labute approximate surface area is 145 Å². The van der Waals surface area contributed by atoms with Crippen molar-refractivity contribution >= 4 is 17.6 Å². The molecule has 120 valence electrons. The highest BCUT2D eigenvalue weighted by Gasteiger charge is 2.21. The first-order chi connectivity index (χ1) is 11.7. The Hall–Kier alpha value is -2.54. The Morgan fingerprint density at radius 1 is 1.21 bits per heavy atom. The fourth-order valence-corrected chi connectivity index (χ4v) is 3.50. The van der Waals surface area contributed by atoms with Crippen molar-refractivity contribution in [3.05, 3.63) is 41.0 Å². The Bertz CT molecular complexity index is 843. The van der Waals surface area contributed by atoms with E-state index in [-0.39, 0.29) is 11.4 Å². The lowest BCUT2D eigenvalue weighted by atomic mass is 9.93. The van der Waals surface area contributed by atoms with Crippen LogP contribution in [0.15, 0.2) is 29.3 Å². The molecule has 24 heavy (non-hydrogen) atoms. The van der Waals surface area contributed by atoms with E-state index < -0.39 is 0 Å². The van der Waals surface area contributed by atoms with Gasteiger partial charge in [0.15, 0.2) is 0 Å². The average Bonchev–Trinajstić information content (AvgIpc) is 3.15. The molecule has 1 aliphatic rings. The third-order valence-corrected chi connectivity index (χ3v) is 4.89. The number of nitriles is 2. The number of hydrogen-bond acceptors (Lipinski definition) is 6. The lowest BCUT2D eigenvalue weighted by Crippen LogP contribution is -2.03. The number of pyridine rings is 1. The maximum Gasteiger partial charge on any atom is 0.143 e. The van der Waals surface area contributed by atoms with E-state index in [1.807, 2.05) is 30.5 Å². The van der Waals surface area contributed by atoms with Gasteiger partial charge >= 0.3 is 0 Å². The first-order valence-corrected chi connectivity index (χ1v) is 8.77. The van der Waals surface area contributed by atoms with E-state index in [1.165, 1.54) is 17.3 Å². The van der Waals surface area contributed by atoms with Gasteiger partial charge in [-0.05, 0) is 23.8 Å². The van der Waals surface area contributed by atoms with E-state index >= 15 is 0 Å². The minimum Gasteiger partial charge on any atom is -0.383 e. The summed E-state index contributed by atoms with van der Waals surface area (Å²) in [4.78, 5) is 4.18. The molecule has 2 heterocycles. The highest BCUT2D eigenvalue weighted by molar-refractivity contribution is 7.98. The van der Waals surface area contributed by atoms with Gasteiger partial charge in [-0.2, -0.15) is 10.5 Å². The van der Waals surface area contributed by atoms with Gasteiger partial charge in [0, 0.05) is 18.1 Å². The molecule has 0 amide bonds. The lowest BCUT2D eigenvalue weighted by Gasteiger charge is -2.13. The van der Waals surface area contributed by atoms with Crippen LogP contribution in [-0.4, -0.2) is 24.5 Å². The maximum atomic E-state index is 9.56. The summed E-state index contributed by atoms with van der Waals surface area (Å²) < 4.78 is 5.43. The number of hydrogen-bond donors (Lipinski definition) is 1. The van der Waals surface area contributed by atoms with Crippen molar-refractivity contribution in [1.29, 1.82) is 10.5 Å². The Morgan fingerprint density at radius 2 is 1.92 bits per heavy atom. The largest absolute Gasteiger partial charge is 0.383 e. The minimum atomic E-state index is 0.157. The molecule has 0 spiro atoms. The zero-order chi connectivity index (χ0) is 17.1. The summed E-state index contributed by atoms with van der Waals surface area (Å²) in [5, 5.41) is 19.6. The van der Waals surface area contributed by atoms with Crippen molar-refractivity contribution in [3.8, 4) is 23.3 Å². The highest BCUT2D eigenvalue weighted by atomic mass is 32.2. The van der Waals surface area contributed by atoms with Crippen LogP contribution in [0.2, 0.25) is 0 Å². The van der Waals surface area contributed by atoms with Crippen LogP contribution in [0, 0.1) is 22.7 Å². The number of nitrogens with two attached hydrogens (primary N) is 1. The molecule has 1 saturated heterocycles. The van der Waals surface area contributed by atoms with E-state index in [0.29, 0.717) is 22.1 Å². The highest BCUT2D eigenvalue weighted by Crippen LogP contribution is 2.36.